The van der Waals surface area contributed by atoms with Gasteiger partial charge in [-0.25, -0.2) is 0 Å². The molecule has 2 nitrogen and oxygen atoms in total. The zero-order valence-corrected chi connectivity index (χ0v) is 29.3. The van der Waals surface area contributed by atoms with Gasteiger partial charge in [-0.2, -0.15) is 0 Å². The maximum Gasteiger partial charge on any atom is 0.542 e. The van der Waals surface area contributed by atoms with E-state index in [2.05, 4.69) is 156 Å². The summed E-state index contributed by atoms with van der Waals surface area (Å²) in [6.45, 7) is 27.3. The highest BCUT2D eigenvalue weighted by molar-refractivity contribution is 7.17. The molecule has 0 saturated heterocycles. The molecule has 1 atom stereocenters. The van der Waals surface area contributed by atoms with Gasteiger partial charge in [-0.05, 0) is 82.9 Å². The summed E-state index contributed by atoms with van der Waals surface area (Å²) < 4.78 is 18.1. The van der Waals surface area contributed by atoms with Gasteiger partial charge in [-0.1, -0.05) is 150 Å². The molecule has 0 aliphatic heterocycles. The highest BCUT2D eigenvalue weighted by atomic mass is 31.1. The highest BCUT2D eigenvalue weighted by Gasteiger charge is 2.31. The maximum absolute atomic E-state index is 12.1. The van der Waals surface area contributed by atoms with Crippen LogP contribution in [-0.2, 0) is 26.2 Å². The Balaban J connectivity index is 2.27. The number of hydrogen-bond acceptors (Lipinski definition) is 2. The maximum atomic E-state index is 12.1. The SMILES string of the molecule is CC(C)(C)c1ccc(-c2c(O[PH+]=O)ccc(-c3ccccc3)c2-c2ccc(C(C)(C)C)cc2C(C)(C)C)c(C(C)(C)C)c1. The average Bonchev–Trinajstić information content (AvgIpc) is 2.91. The molecule has 0 heterocycles. The van der Waals surface area contributed by atoms with E-state index in [9.17, 15) is 4.57 Å². The van der Waals surface area contributed by atoms with Crippen molar-refractivity contribution in [3.05, 3.63) is 101 Å². The summed E-state index contributed by atoms with van der Waals surface area (Å²) in [5.74, 6) is 0.636. The minimum Gasteiger partial charge on any atom is -0.255 e. The molecule has 0 saturated carbocycles. The van der Waals surface area contributed by atoms with Crippen molar-refractivity contribution >= 4 is 8.69 Å². The summed E-state index contributed by atoms with van der Waals surface area (Å²) in [7, 11) is -0.907. The largest absolute Gasteiger partial charge is 0.542 e. The molecule has 1 unspecified atom stereocenters. The van der Waals surface area contributed by atoms with E-state index < -0.39 is 8.69 Å². The number of hydrogen-bond donors (Lipinski definition) is 0. The monoisotopic (exact) mass is 593 g/mol. The van der Waals surface area contributed by atoms with Gasteiger partial charge < -0.3 is 0 Å². The fraction of sp³-hybridized carbons (Fsp3) is 0.400. The number of rotatable bonds is 5. The third-order valence-electron chi connectivity index (χ3n) is 8.33. The van der Waals surface area contributed by atoms with Gasteiger partial charge in [-0.15, -0.1) is 0 Å². The average molecular weight is 594 g/mol. The van der Waals surface area contributed by atoms with E-state index in [0.29, 0.717) is 5.75 Å². The summed E-state index contributed by atoms with van der Waals surface area (Å²) in [6.07, 6.45) is 0. The molecule has 0 radical (unpaired) electrons. The standard InChI is InChI=1S/C40H50O2P/c1-37(2,3)27-18-20-30(32(24-27)39(7,8)9)35-29(26-16-14-13-15-17-26)22-23-34(42-43-41)36(35)31-21-19-28(38(4,5)6)25-33(31)40(10,11)12/h13-25,43H,1-12H3/q+1. The van der Waals surface area contributed by atoms with E-state index in [1.807, 2.05) is 6.07 Å². The third kappa shape index (κ3) is 6.97. The molecule has 0 N–H and O–H groups in total. The molecule has 43 heavy (non-hydrogen) atoms. The van der Waals surface area contributed by atoms with Crippen molar-refractivity contribution in [2.24, 2.45) is 0 Å². The molecule has 4 rings (SSSR count). The minimum atomic E-state index is -0.907. The third-order valence-corrected chi connectivity index (χ3v) is 8.63. The molecule has 0 fully saturated rings. The van der Waals surface area contributed by atoms with Gasteiger partial charge in [0.15, 0.2) is 5.75 Å². The second-order valence-corrected chi connectivity index (χ2v) is 16.3. The molecule has 0 bridgehead atoms. The minimum absolute atomic E-state index is 0.00513. The lowest BCUT2D eigenvalue weighted by molar-refractivity contribution is 0.525. The Hall–Kier alpha value is -3.22. The highest BCUT2D eigenvalue weighted by Crippen LogP contribution is 2.51. The molecule has 4 aromatic rings. The van der Waals surface area contributed by atoms with Crippen LogP contribution in [0.2, 0.25) is 0 Å². The van der Waals surface area contributed by atoms with Crippen molar-refractivity contribution in [1.29, 1.82) is 0 Å². The smallest absolute Gasteiger partial charge is 0.255 e. The van der Waals surface area contributed by atoms with Gasteiger partial charge in [0.25, 0.3) is 0 Å². The van der Waals surface area contributed by atoms with Crippen LogP contribution in [0.25, 0.3) is 33.4 Å². The quantitative estimate of drug-likeness (QED) is 0.215. The molecule has 0 amide bonds. The first-order valence-corrected chi connectivity index (χ1v) is 16.2. The molecule has 0 aromatic heterocycles. The molecule has 3 heteroatoms. The van der Waals surface area contributed by atoms with E-state index in [1.165, 1.54) is 27.8 Å². The summed E-state index contributed by atoms with van der Waals surface area (Å²) in [4.78, 5) is 0. The summed E-state index contributed by atoms with van der Waals surface area (Å²) >= 11 is 0. The first kappa shape index (κ1) is 32.7. The van der Waals surface area contributed by atoms with E-state index in [-0.39, 0.29) is 21.7 Å². The Kier molecular flexibility index (Phi) is 8.89. The Labute approximate surface area is 262 Å². The summed E-state index contributed by atoms with van der Waals surface area (Å²) in [6, 6.07) is 28.6. The normalized spacial score (nSPS) is 12.9. The van der Waals surface area contributed by atoms with Gasteiger partial charge >= 0.3 is 8.69 Å². The van der Waals surface area contributed by atoms with Crippen molar-refractivity contribution in [2.75, 3.05) is 0 Å². The molecule has 0 spiro atoms. The molecule has 0 aliphatic carbocycles. The van der Waals surface area contributed by atoms with Crippen LogP contribution in [0.1, 0.15) is 105 Å². The van der Waals surface area contributed by atoms with E-state index in [4.69, 9.17) is 4.52 Å². The van der Waals surface area contributed by atoms with Crippen LogP contribution in [0.15, 0.2) is 78.9 Å². The Morgan fingerprint density at radius 2 is 0.930 bits per heavy atom. The zero-order chi connectivity index (χ0) is 32.0. The first-order chi connectivity index (χ1) is 19.8. The van der Waals surface area contributed by atoms with Crippen LogP contribution in [0, 0.1) is 0 Å². The summed E-state index contributed by atoms with van der Waals surface area (Å²) in [5, 5.41) is 0. The second-order valence-electron chi connectivity index (χ2n) is 15.9. The zero-order valence-electron chi connectivity index (χ0n) is 28.3. The van der Waals surface area contributed by atoms with Gasteiger partial charge in [0.1, 0.15) is 0 Å². The van der Waals surface area contributed by atoms with E-state index in [1.54, 1.807) is 0 Å². The lowest BCUT2D eigenvalue weighted by Gasteiger charge is -2.31. The van der Waals surface area contributed by atoms with E-state index in [0.717, 1.165) is 27.8 Å². The second kappa shape index (κ2) is 11.7. The van der Waals surface area contributed by atoms with Crippen molar-refractivity contribution in [1.82, 2.24) is 0 Å². The predicted octanol–water partition coefficient (Wildman–Crippen LogP) is 12.2. The lowest BCUT2D eigenvalue weighted by Crippen LogP contribution is -2.18. The lowest BCUT2D eigenvalue weighted by atomic mass is 9.73. The Morgan fingerprint density at radius 1 is 0.488 bits per heavy atom. The molecule has 0 aliphatic rings. The van der Waals surface area contributed by atoms with Crippen LogP contribution in [0.5, 0.6) is 5.75 Å². The summed E-state index contributed by atoms with van der Waals surface area (Å²) in [5.41, 5.74) is 11.5. The van der Waals surface area contributed by atoms with Crippen molar-refractivity contribution in [2.45, 2.75) is 105 Å². The molecular weight excluding hydrogens is 543 g/mol. The van der Waals surface area contributed by atoms with Crippen LogP contribution in [0.4, 0.5) is 0 Å². The topological polar surface area (TPSA) is 26.3 Å². The van der Waals surface area contributed by atoms with Crippen molar-refractivity contribution in [3.63, 3.8) is 0 Å². The van der Waals surface area contributed by atoms with Crippen LogP contribution in [0.3, 0.4) is 0 Å². The van der Waals surface area contributed by atoms with Crippen LogP contribution >= 0.6 is 8.69 Å². The van der Waals surface area contributed by atoms with Crippen LogP contribution in [-0.4, -0.2) is 0 Å². The van der Waals surface area contributed by atoms with Gasteiger partial charge in [0, 0.05) is 11.1 Å². The Bertz CT molecular complexity index is 1620. The van der Waals surface area contributed by atoms with Gasteiger partial charge in [0.05, 0.1) is 0 Å². The van der Waals surface area contributed by atoms with Gasteiger partial charge in [0.2, 0.25) is 0 Å². The number of benzene rings is 4. The van der Waals surface area contributed by atoms with Crippen LogP contribution < -0.4 is 4.52 Å². The molecule has 226 valence electrons. The first-order valence-electron chi connectivity index (χ1n) is 15.4. The molecule has 4 aromatic carbocycles. The fourth-order valence-electron chi connectivity index (χ4n) is 5.82. The van der Waals surface area contributed by atoms with Crippen molar-refractivity contribution in [3.8, 4) is 39.1 Å². The molecular formula is C40H50O2P+. The van der Waals surface area contributed by atoms with E-state index >= 15 is 0 Å². The fourth-order valence-corrected chi connectivity index (χ4v) is 6.08. The Morgan fingerprint density at radius 3 is 1.35 bits per heavy atom. The van der Waals surface area contributed by atoms with Gasteiger partial charge in [-0.3, -0.25) is 4.52 Å². The predicted molar refractivity (Wildman–Crippen MR) is 187 cm³/mol. The van der Waals surface area contributed by atoms with Crippen molar-refractivity contribution < 1.29 is 9.09 Å².